The Morgan fingerprint density at radius 1 is 1.08 bits per heavy atom. The van der Waals surface area contributed by atoms with Gasteiger partial charge in [0.15, 0.2) is 17.3 Å². The Morgan fingerprint density at radius 3 is 2.44 bits per heavy atom. The number of morpholine rings is 2. The second-order valence-corrected chi connectivity index (χ2v) is 9.82. The smallest absolute Gasteiger partial charge is 0.379 e. The molecular formula is C26H33F3N8O2. The molecule has 1 N–H and O–H groups in total. The number of alkyl halides is 3. The quantitative estimate of drug-likeness (QED) is 0.355. The lowest BCUT2D eigenvalue weighted by Gasteiger charge is -2.29. The number of nitrogens with one attached hydrogen (secondary N) is 1. The number of ether oxygens (including phenoxy) is 2. The van der Waals surface area contributed by atoms with E-state index in [1.165, 1.54) is 6.07 Å². The van der Waals surface area contributed by atoms with Gasteiger partial charge in [0.05, 0.1) is 44.0 Å². The molecular weight excluding hydrogens is 513 g/mol. The van der Waals surface area contributed by atoms with Crippen LogP contribution in [0.4, 0.5) is 36.2 Å². The first kappa shape index (κ1) is 27.2. The number of fused-ring (bicyclic) bond motifs is 1. The zero-order chi connectivity index (χ0) is 27.6. The molecule has 2 saturated heterocycles. The molecule has 2 fully saturated rings. The lowest BCUT2D eigenvalue weighted by atomic mass is 10.0. The molecule has 0 unspecified atom stereocenters. The number of nitrogens with zero attached hydrogens (tertiary/aromatic N) is 7. The maximum absolute atomic E-state index is 14.1. The SMILES string of the molecule is Cc1nc2c(/N=C/N(C)C)cc(N3CCOCC3)nn2c1Nc1cccc(C(F)(F)F)c1CN1CCOCC1. The highest BCUT2D eigenvalue weighted by Gasteiger charge is 2.35. The molecule has 2 aliphatic rings. The molecule has 10 nitrogen and oxygen atoms in total. The topological polar surface area (TPSA) is 82.8 Å². The molecule has 210 valence electrons. The predicted octanol–water partition coefficient (Wildman–Crippen LogP) is 3.69. The minimum atomic E-state index is -4.50. The van der Waals surface area contributed by atoms with Crippen LogP contribution >= 0.6 is 0 Å². The van der Waals surface area contributed by atoms with Crippen molar-refractivity contribution in [2.75, 3.05) is 76.9 Å². The van der Waals surface area contributed by atoms with Crippen molar-refractivity contribution < 1.29 is 22.6 Å². The summed E-state index contributed by atoms with van der Waals surface area (Å²) in [5, 5.41) is 8.11. The summed E-state index contributed by atoms with van der Waals surface area (Å²) < 4.78 is 54.9. The number of imidazole rings is 1. The van der Waals surface area contributed by atoms with E-state index in [1.807, 2.05) is 30.0 Å². The van der Waals surface area contributed by atoms with Crippen LogP contribution in [0.5, 0.6) is 0 Å². The van der Waals surface area contributed by atoms with Gasteiger partial charge in [0, 0.05) is 64.1 Å². The van der Waals surface area contributed by atoms with Gasteiger partial charge in [0.1, 0.15) is 5.69 Å². The van der Waals surface area contributed by atoms with Crippen LogP contribution in [0.3, 0.4) is 0 Å². The van der Waals surface area contributed by atoms with Crippen molar-refractivity contribution in [1.82, 2.24) is 24.4 Å². The Kier molecular flexibility index (Phi) is 7.91. The van der Waals surface area contributed by atoms with Gasteiger partial charge in [-0.25, -0.2) is 9.98 Å². The van der Waals surface area contributed by atoms with E-state index in [-0.39, 0.29) is 12.1 Å². The fraction of sp³-hybridized carbons (Fsp3) is 0.500. The summed E-state index contributed by atoms with van der Waals surface area (Å²) in [6.07, 6.45) is -2.81. The molecule has 1 aromatic carbocycles. The van der Waals surface area contributed by atoms with Crippen molar-refractivity contribution >= 4 is 35.0 Å². The standard InChI is InChI=1S/C26H33F3N8O2/c1-18-24(32-21-6-4-5-20(26(27,28)29)19(21)16-35-7-11-38-12-8-35)37-25(31-18)22(30-17-34(2)3)15-23(33-37)36-9-13-39-14-10-36/h4-6,15,17,32H,7-14,16H2,1-3H3/b30-17+. The zero-order valence-corrected chi connectivity index (χ0v) is 22.3. The van der Waals surface area contributed by atoms with E-state index in [4.69, 9.17) is 19.6 Å². The molecule has 39 heavy (non-hydrogen) atoms. The van der Waals surface area contributed by atoms with Crippen LogP contribution in [-0.2, 0) is 22.2 Å². The van der Waals surface area contributed by atoms with E-state index >= 15 is 0 Å². The van der Waals surface area contributed by atoms with Crippen molar-refractivity contribution in [3.63, 3.8) is 0 Å². The van der Waals surface area contributed by atoms with E-state index in [2.05, 4.69) is 15.2 Å². The molecule has 2 aromatic heterocycles. The number of hydrogen-bond donors (Lipinski definition) is 1. The normalized spacial score (nSPS) is 17.3. The fourth-order valence-corrected chi connectivity index (χ4v) is 4.71. The van der Waals surface area contributed by atoms with Crippen LogP contribution in [0.25, 0.3) is 5.65 Å². The van der Waals surface area contributed by atoms with E-state index in [0.717, 1.165) is 6.07 Å². The van der Waals surface area contributed by atoms with Crippen molar-refractivity contribution in [2.24, 2.45) is 4.99 Å². The number of hydrogen-bond acceptors (Lipinski definition) is 8. The summed E-state index contributed by atoms with van der Waals surface area (Å²) >= 11 is 0. The average molecular weight is 547 g/mol. The Bertz CT molecular complexity index is 1330. The van der Waals surface area contributed by atoms with E-state index in [0.29, 0.717) is 87.0 Å². The van der Waals surface area contributed by atoms with Crippen molar-refractivity contribution in [3.05, 3.63) is 41.1 Å². The van der Waals surface area contributed by atoms with Gasteiger partial charge in [-0.1, -0.05) is 6.07 Å². The summed E-state index contributed by atoms with van der Waals surface area (Å²) in [7, 11) is 3.75. The highest BCUT2D eigenvalue weighted by atomic mass is 19.4. The van der Waals surface area contributed by atoms with Crippen molar-refractivity contribution in [2.45, 2.75) is 19.6 Å². The van der Waals surface area contributed by atoms with E-state index in [1.54, 1.807) is 23.8 Å². The van der Waals surface area contributed by atoms with Gasteiger partial charge in [-0.05, 0) is 19.1 Å². The van der Waals surface area contributed by atoms with Gasteiger partial charge < -0.3 is 24.6 Å². The fourth-order valence-electron chi connectivity index (χ4n) is 4.71. The minimum absolute atomic E-state index is 0.141. The molecule has 0 amide bonds. The lowest BCUT2D eigenvalue weighted by Crippen LogP contribution is -2.37. The largest absolute Gasteiger partial charge is 0.416 e. The first-order valence-corrected chi connectivity index (χ1v) is 12.9. The van der Waals surface area contributed by atoms with Gasteiger partial charge in [-0.15, -0.1) is 5.10 Å². The van der Waals surface area contributed by atoms with Crippen molar-refractivity contribution in [3.8, 4) is 0 Å². The molecule has 3 aromatic rings. The molecule has 2 aliphatic heterocycles. The van der Waals surface area contributed by atoms with Gasteiger partial charge >= 0.3 is 6.18 Å². The Labute approximate surface area is 225 Å². The van der Waals surface area contributed by atoms with Gasteiger partial charge in [0.25, 0.3) is 0 Å². The van der Waals surface area contributed by atoms with Crippen LogP contribution in [0, 0.1) is 6.92 Å². The zero-order valence-electron chi connectivity index (χ0n) is 22.3. The molecule has 0 radical (unpaired) electrons. The Balaban J connectivity index is 1.60. The number of aromatic nitrogens is 3. The summed E-state index contributed by atoms with van der Waals surface area (Å²) in [4.78, 5) is 15.2. The summed E-state index contributed by atoms with van der Waals surface area (Å²) in [5.41, 5.74) is 1.58. The summed E-state index contributed by atoms with van der Waals surface area (Å²) in [6, 6.07) is 6.10. The number of halogens is 3. The molecule has 0 spiro atoms. The maximum Gasteiger partial charge on any atom is 0.416 e. The third-order valence-corrected chi connectivity index (χ3v) is 6.71. The number of anilines is 3. The molecule has 0 aliphatic carbocycles. The van der Waals surface area contributed by atoms with E-state index < -0.39 is 11.7 Å². The molecule has 0 bridgehead atoms. The minimum Gasteiger partial charge on any atom is -0.379 e. The molecule has 5 rings (SSSR count). The average Bonchev–Trinajstić information content (AvgIpc) is 3.23. The van der Waals surface area contributed by atoms with Crippen LogP contribution in [0.2, 0.25) is 0 Å². The second kappa shape index (κ2) is 11.4. The van der Waals surface area contributed by atoms with Crippen LogP contribution in [0.1, 0.15) is 16.8 Å². The van der Waals surface area contributed by atoms with Crippen LogP contribution in [-0.4, -0.2) is 97.4 Å². The van der Waals surface area contributed by atoms with Crippen molar-refractivity contribution in [1.29, 1.82) is 0 Å². The third kappa shape index (κ3) is 6.10. The first-order chi connectivity index (χ1) is 18.7. The van der Waals surface area contributed by atoms with Gasteiger partial charge in [0.2, 0.25) is 0 Å². The molecule has 0 atom stereocenters. The number of benzene rings is 1. The highest BCUT2D eigenvalue weighted by Crippen LogP contribution is 2.38. The van der Waals surface area contributed by atoms with Crippen LogP contribution < -0.4 is 10.2 Å². The van der Waals surface area contributed by atoms with E-state index in [9.17, 15) is 13.2 Å². The van der Waals surface area contributed by atoms with Gasteiger partial charge in [-0.2, -0.15) is 17.7 Å². The molecule has 0 saturated carbocycles. The first-order valence-electron chi connectivity index (χ1n) is 12.9. The number of aryl methyl sites for hydroxylation is 1. The number of aliphatic imine (C=N–C) groups is 1. The Hall–Kier alpha value is -3.42. The van der Waals surface area contributed by atoms with Crippen LogP contribution in [0.15, 0.2) is 29.3 Å². The highest BCUT2D eigenvalue weighted by molar-refractivity contribution is 5.77. The second-order valence-electron chi connectivity index (χ2n) is 9.82. The summed E-state index contributed by atoms with van der Waals surface area (Å²) in [6.45, 7) is 6.57. The monoisotopic (exact) mass is 546 g/mol. The lowest BCUT2D eigenvalue weighted by molar-refractivity contribution is -0.138. The summed E-state index contributed by atoms with van der Waals surface area (Å²) in [5.74, 6) is 1.18. The maximum atomic E-state index is 14.1. The molecule has 13 heteroatoms. The molecule has 4 heterocycles. The Morgan fingerprint density at radius 2 is 1.77 bits per heavy atom. The van der Waals surface area contributed by atoms with Gasteiger partial charge in [-0.3, -0.25) is 4.90 Å². The predicted molar refractivity (Wildman–Crippen MR) is 143 cm³/mol. The third-order valence-electron chi connectivity index (χ3n) is 6.71. The number of rotatable bonds is 7.